The molecule has 0 spiro atoms. The third-order valence-electron chi connectivity index (χ3n) is 8.65. The van der Waals surface area contributed by atoms with Crippen LogP contribution in [-0.4, -0.2) is 40.8 Å². The fraction of sp³-hybridized carbons (Fsp3) is 0.206. The number of carbonyl (C=O) groups is 1. The Morgan fingerprint density at radius 3 is 2.44 bits per heavy atom. The summed E-state index contributed by atoms with van der Waals surface area (Å²) in [7, 11) is 1.54. The Balaban J connectivity index is 1.36. The van der Waals surface area contributed by atoms with Crippen LogP contribution in [0.25, 0.3) is 22.7 Å². The van der Waals surface area contributed by atoms with Gasteiger partial charge in [-0.15, -0.1) is 0 Å². The fourth-order valence-electron chi connectivity index (χ4n) is 6.17. The van der Waals surface area contributed by atoms with Crippen molar-refractivity contribution in [3.8, 4) is 17.1 Å². The van der Waals surface area contributed by atoms with Crippen molar-refractivity contribution in [3.05, 3.63) is 138 Å². The van der Waals surface area contributed by atoms with Gasteiger partial charge in [0.1, 0.15) is 5.65 Å². The topological polar surface area (TPSA) is 108 Å². The average Bonchev–Trinajstić information content (AvgIpc) is 3.63. The Kier molecular flexibility index (Phi) is 7.69. The Hall–Kier alpha value is -5.24. The number of hydrogen-bond acceptors (Lipinski definition) is 6. The molecular weight excluding hydrogens is 693 g/mol. The van der Waals surface area contributed by atoms with Gasteiger partial charge in [-0.2, -0.15) is 18.3 Å². The molecular formula is C34H26BrF3N6O4. The molecule has 1 atom stereocenters. The highest BCUT2D eigenvalue weighted by Gasteiger charge is 2.36. The molecule has 7 rings (SSSR count). The summed E-state index contributed by atoms with van der Waals surface area (Å²) in [6.45, 7) is 1.73. The molecule has 0 aliphatic carbocycles. The van der Waals surface area contributed by atoms with Gasteiger partial charge < -0.3 is 4.90 Å². The van der Waals surface area contributed by atoms with Gasteiger partial charge in [-0.05, 0) is 61.4 Å². The van der Waals surface area contributed by atoms with Crippen LogP contribution in [0.1, 0.15) is 45.2 Å². The molecule has 4 heterocycles. The monoisotopic (exact) mass is 718 g/mol. The minimum atomic E-state index is -4.65. The smallest absolute Gasteiger partial charge is 0.330 e. The van der Waals surface area contributed by atoms with Crippen LogP contribution in [0.15, 0.2) is 97.6 Å². The summed E-state index contributed by atoms with van der Waals surface area (Å²) in [5, 5.41) is 8.53. The number of carbonyl (C=O) groups excluding carboxylic acids is 1. The summed E-state index contributed by atoms with van der Waals surface area (Å²) in [6.07, 6.45) is -2.35. The predicted molar refractivity (Wildman–Crippen MR) is 173 cm³/mol. The quantitative estimate of drug-likeness (QED) is 0.223. The number of rotatable bonds is 5. The number of amides is 1. The highest BCUT2D eigenvalue weighted by molar-refractivity contribution is 9.10. The number of halogens is 4. The zero-order chi connectivity index (χ0) is 33.9. The van der Waals surface area contributed by atoms with Gasteiger partial charge in [-0.3, -0.25) is 23.2 Å². The van der Waals surface area contributed by atoms with E-state index in [1.807, 2.05) is 30.3 Å². The van der Waals surface area contributed by atoms with Crippen LogP contribution in [0.5, 0.6) is 0 Å². The SMILES string of the molecule is C[C@@H]1Cc2c(n3ncc(Cc4ccccc4)c3n(-c3ccc(-c4noc(=O)n4C)cc3)c2=O)CN1C(=O)c1ccc(Br)c(C(F)(F)F)c1. The molecule has 1 amide bonds. The largest absolute Gasteiger partial charge is 0.441 e. The minimum Gasteiger partial charge on any atom is -0.330 e. The molecule has 3 aromatic carbocycles. The molecule has 244 valence electrons. The van der Waals surface area contributed by atoms with Crippen molar-refractivity contribution in [1.29, 1.82) is 0 Å². The van der Waals surface area contributed by atoms with Gasteiger partial charge in [0.05, 0.1) is 29.7 Å². The molecule has 0 fully saturated rings. The zero-order valence-corrected chi connectivity index (χ0v) is 27.1. The number of hydrogen-bond donors (Lipinski definition) is 0. The molecule has 14 heteroatoms. The van der Waals surface area contributed by atoms with Gasteiger partial charge in [-0.1, -0.05) is 51.4 Å². The Bertz CT molecular complexity index is 2320. The number of aromatic nitrogens is 5. The van der Waals surface area contributed by atoms with Gasteiger partial charge in [0.25, 0.3) is 11.5 Å². The maximum absolute atomic E-state index is 14.4. The molecule has 3 aromatic heterocycles. The highest BCUT2D eigenvalue weighted by Crippen LogP contribution is 2.36. The number of benzene rings is 3. The third-order valence-corrected chi connectivity index (χ3v) is 9.34. The normalized spacial score (nSPS) is 14.8. The summed E-state index contributed by atoms with van der Waals surface area (Å²) in [5.74, 6) is -0.859. The molecule has 48 heavy (non-hydrogen) atoms. The lowest BCUT2D eigenvalue weighted by atomic mass is 9.97. The van der Waals surface area contributed by atoms with Crippen molar-refractivity contribution in [1.82, 2.24) is 28.8 Å². The van der Waals surface area contributed by atoms with Crippen LogP contribution in [0, 0.1) is 0 Å². The van der Waals surface area contributed by atoms with Crippen LogP contribution in [-0.2, 0) is 32.6 Å². The molecule has 0 saturated heterocycles. The first kappa shape index (κ1) is 31.4. The Morgan fingerprint density at radius 1 is 1.04 bits per heavy atom. The van der Waals surface area contributed by atoms with Crippen molar-refractivity contribution >= 4 is 27.5 Å². The summed E-state index contributed by atoms with van der Waals surface area (Å²) >= 11 is 2.94. The maximum Gasteiger partial charge on any atom is 0.441 e. The number of fused-ring (bicyclic) bond motifs is 3. The second kappa shape index (κ2) is 11.8. The predicted octanol–water partition coefficient (Wildman–Crippen LogP) is 5.80. The average molecular weight is 720 g/mol. The molecule has 0 N–H and O–H groups in total. The van der Waals surface area contributed by atoms with Crippen molar-refractivity contribution in [3.63, 3.8) is 0 Å². The van der Waals surface area contributed by atoms with E-state index < -0.39 is 29.4 Å². The van der Waals surface area contributed by atoms with Crippen LogP contribution in [0.4, 0.5) is 13.2 Å². The molecule has 0 bridgehead atoms. The van der Waals surface area contributed by atoms with Gasteiger partial charge in [0.2, 0.25) is 0 Å². The molecule has 0 saturated carbocycles. The first-order valence-corrected chi connectivity index (χ1v) is 15.7. The van der Waals surface area contributed by atoms with Crippen LogP contribution >= 0.6 is 15.9 Å². The standard InChI is InChI=1S/C34H26BrF3N6O4/c1-19-14-25-28(18-42(19)31(45)22-10-13-27(35)26(16-22)34(36,37)38)44-30(23(17-39-44)15-20-6-4-3-5-7-20)43(32(25)46)24-11-8-21(9-12-24)29-40-48-33(47)41(29)2/h3-13,16-17,19H,14-15,18H2,1-2H3/t19-/m1/s1. The maximum atomic E-state index is 14.4. The lowest BCUT2D eigenvalue weighted by Gasteiger charge is -2.35. The third kappa shape index (κ3) is 5.35. The minimum absolute atomic E-state index is 0.0368. The summed E-state index contributed by atoms with van der Waals surface area (Å²) < 4.78 is 50.1. The zero-order valence-electron chi connectivity index (χ0n) is 25.5. The number of nitrogens with zero attached hydrogens (tertiary/aromatic N) is 6. The molecule has 0 radical (unpaired) electrons. The summed E-state index contributed by atoms with van der Waals surface area (Å²) in [5.41, 5.74) is 2.97. The first-order valence-electron chi connectivity index (χ1n) is 14.9. The van der Waals surface area contributed by atoms with Crippen molar-refractivity contribution in [2.75, 3.05) is 0 Å². The van der Waals surface area contributed by atoms with Gasteiger partial charge in [0.15, 0.2) is 5.82 Å². The van der Waals surface area contributed by atoms with Crippen molar-refractivity contribution < 1.29 is 22.5 Å². The molecule has 1 aliphatic heterocycles. The molecule has 10 nitrogen and oxygen atoms in total. The van der Waals surface area contributed by atoms with Gasteiger partial charge in [-0.25, -0.2) is 9.31 Å². The Morgan fingerprint density at radius 2 is 1.77 bits per heavy atom. The van der Waals surface area contributed by atoms with E-state index in [9.17, 15) is 27.6 Å². The van der Waals surface area contributed by atoms with E-state index in [1.165, 1.54) is 21.6 Å². The second-order valence-electron chi connectivity index (χ2n) is 11.7. The van der Waals surface area contributed by atoms with Gasteiger partial charge in [0, 0.05) is 46.2 Å². The highest BCUT2D eigenvalue weighted by atomic mass is 79.9. The Labute approximate surface area is 278 Å². The van der Waals surface area contributed by atoms with E-state index in [4.69, 9.17) is 4.52 Å². The van der Waals surface area contributed by atoms with E-state index in [1.54, 1.807) is 53.5 Å². The number of alkyl halides is 3. The lowest BCUT2D eigenvalue weighted by Crippen LogP contribution is -2.46. The summed E-state index contributed by atoms with van der Waals surface area (Å²) in [6, 6.07) is 19.6. The fourth-order valence-corrected chi connectivity index (χ4v) is 6.65. The second-order valence-corrected chi connectivity index (χ2v) is 12.5. The van der Waals surface area contributed by atoms with E-state index in [0.29, 0.717) is 40.4 Å². The lowest BCUT2D eigenvalue weighted by molar-refractivity contribution is -0.138. The van der Waals surface area contributed by atoms with E-state index in [0.717, 1.165) is 17.2 Å². The van der Waals surface area contributed by atoms with E-state index in [2.05, 4.69) is 26.2 Å². The molecule has 0 unspecified atom stereocenters. The van der Waals surface area contributed by atoms with Crippen molar-refractivity contribution in [2.24, 2.45) is 7.05 Å². The molecule has 1 aliphatic rings. The van der Waals surface area contributed by atoms with Crippen LogP contribution < -0.4 is 11.3 Å². The van der Waals surface area contributed by atoms with E-state index in [-0.39, 0.29) is 28.6 Å². The molecule has 6 aromatic rings. The van der Waals surface area contributed by atoms with E-state index >= 15 is 0 Å². The first-order chi connectivity index (χ1) is 22.9. The summed E-state index contributed by atoms with van der Waals surface area (Å²) in [4.78, 5) is 41.5. The van der Waals surface area contributed by atoms with Gasteiger partial charge >= 0.3 is 11.9 Å². The van der Waals surface area contributed by atoms with Crippen LogP contribution in [0.2, 0.25) is 0 Å². The van der Waals surface area contributed by atoms with Crippen LogP contribution in [0.3, 0.4) is 0 Å². The van der Waals surface area contributed by atoms with Crippen molar-refractivity contribution in [2.45, 2.75) is 38.5 Å².